The zero-order chi connectivity index (χ0) is 18.4. The largest absolute Gasteiger partial charge is 0.344 e. The summed E-state index contributed by atoms with van der Waals surface area (Å²) < 4.78 is 0. The summed E-state index contributed by atoms with van der Waals surface area (Å²) in [5.41, 5.74) is 2.92. The number of carbonyl (C=O) groups excluding carboxylic acids is 1. The average molecular weight is 345 g/mol. The lowest BCUT2D eigenvalue weighted by molar-refractivity contribution is -0.117. The standard InChI is InChI=1S/C22H23N3O/c1-25(2)16-20(17-8-4-3-5-9-17)24-21(26)14-13-19-11-6-10-18-12-7-15-23-22(18)19/h3-15,20H,16H2,1-2H3,(H,24,26)/b14-13+/t20-/m1/s1. The second-order valence-corrected chi connectivity index (χ2v) is 6.49. The van der Waals surface area contributed by atoms with Gasteiger partial charge < -0.3 is 10.2 Å². The molecular weight excluding hydrogens is 322 g/mol. The smallest absolute Gasteiger partial charge is 0.244 e. The maximum Gasteiger partial charge on any atom is 0.244 e. The first-order valence-electron chi connectivity index (χ1n) is 8.65. The Morgan fingerprint density at radius 1 is 1.08 bits per heavy atom. The first-order valence-corrected chi connectivity index (χ1v) is 8.65. The van der Waals surface area contributed by atoms with Crippen LogP contribution in [-0.2, 0) is 4.79 Å². The number of pyridine rings is 1. The topological polar surface area (TPSA) is 45.2 Å². The molecule has 1 atom stereocenters. The summed E-state index contributed by atoms with van der Waals surface area (Å²) in [6.45, 7) is 0.736. The molecule has 0 unspecified atom stereocenters. The van der Waals surface area contributed by atoms with Crippen molar-refractivity contribution in [3.63, 3.8) is 0 Å². The van der Waals surface area contributed by atoms with E-state index in [-0.39, 0.29) is 11.9 Å². The Kier molecular flexibility index (Phi) is 5.77. The molecule has 3 aromatic rings. The predicted octanol–water partition coefficient (Wildman–Crippen LogP) is 3.67. The van der Waals surface area contributed by atoms with E-state index in [0.29, 0.717) is 0 Å². The van der Waals surface area contributed by atoms with Crippen LogP contribution in [0.15, 0.2) is 72.9 Å². The number of benzene rings is 2. The second kappa shape index (κ2) is 8.41. The van der Waals surface area contributed by atoms with Gasteiger partial charge in [-0.3, -0.25) is 9.78 Å². The molecule has 0 spiro atoms. The molecule has 0 radical (unpaired) electrons. The van der Waals surface area contributed by atoms with E-state index in [1.54, 1.807) is 12.3 Å². The van der Waals surface area contributed by atoms with Crippen LogP contribution in [0.2, 0.25) is 0 Å². The summed E-state index contributed by atoms with van der Waals surface area (Å²) >= 11 is 0. The predicted molar refractivity (Wildman–Crippen MR) is 107 cm³/mol. The van der Waals surface area contributed by atoms with Crippen LogP contribution in [0.25, 0.3) is 17.0 Å². The van der Waals surface area contributed by atoms with Gasteiger partial charge in [0.1, 0.15) is 0 Å². The van der Waals surface area contributed by atoms with Crippen LogP contribution in [0.4, 0.5) is 0 Å². The number of hydrogen-bond acceptors (Lipinski definition) is 3. The fourth-order valence-corrected chi connectivity index (χ4v) is 2.93. The summed E-state index contributed by atoms with van der Waals surface area (Å²) in [7, 11) is 4.00. The van der Waals surface area contributed by atoms with E-state index in [0.717, 1.165) is 28.6 Å². The molecular formula is C22H23N3O. The number of likely N-dealkylation sites (N-methyl/N-ethyl adjacent to an activating group) is 1. The van der Waals surface area contributed by atoms with Gasteiger partial charge in [0.15, 0.2) is 0 Å². The van der Waals surface area contributed by atoms with Crippen molar-refractivity contribution < 1.29 is 4.79 Å². The van der Waals surface area contributed by atoms with Gasteiger partial charge in [-0.15, -0.1) is 0 Å². The Hall–Kier alpha value is -2.98. The minimum absolute atomic E-state index is 0.0611. The van der Waals surface area contributed by atoms with Crippen molar-refractivity contribution in [1.29, 1.82) is 0 Å². The van der Waals surface area contributed by atoms with Crippen molar-refractivity contribution in [1.82, 2.24) is 15.2 Å². The van der Waals surface area contributed by atoms with Gasteiger partial charge in [-0.1, -0.05) is 54.6 Å². The van der Waals surface area contributed by atoms with Gasteiger partial charge in [0.2, 0.25) is 5.91 Å². The quantitative estimate of drug-likeness (QED) is 0.694. The fraction of sp³-hybridized carbons (Fsp3) is 0.182. The van der Waals surface area contributed by atoms with Crippen LogP contribution in [0.1, 0.15) is 17.2 Å². The minimum Gasteiger partial charge on any atom is -0.344 e. The van der Waals surface area contributed by atoms with E-state index in [9.17, 15) is 4.79 Å². The molecule has 0 saturated heterocycles. The lowest BCUT2D eigenvalue weighted by Crippen LogP contribution is -2.34. The van der Waals surface area contributed by atoms with Crippen molar-refractivity contribution in [2.24, 2.45) is 0 Å². The van der Waals surface area contributed by atoms with E-state index < -0.39 is 0 Å². The lowest BCUT2D eigenvalue weighted by Gasteiger charge is -2.22. The first-order chi connectivity index (χ1) is 12.6. The Morgan fingerprint density at radius 3 is 2.62 bits per heavy atom. The normalized spacial score (nSPS) is 12.6. The van der Waals surface area contributed by atoms with Crippen LogP contribution in [0.5, 0.6) is 0 Å². The fourth-order valence-electron chi connectivity index (χ4n) is 2.93. The molecule has 0 bridgehead atoms. The maximum atomic E-state index is 12.5. The molecule has 3 rings (SSSR count). The molecule has 0 fully saturated rings. The molecule has 26 heavy (non-hydrogen) atoms. The van der Waals surface area contributed by atoms with Crippen LogP contribution in [0.3, 0.4) is 0 Å². The Bertz CT molecular complexity index is 898. The van der Waals surface area contributed by atoms with Crippen molar-refractivity contribution in [3.8, 4) is 0 Å². The van der Waals surface area contributed by atoms with Crippen molar-refractivity contribution in [2.45, 2.75) is 6.04 Å². The highest BCUT2D eigenvalue weighted by Gasteiger charge is 2.14. The molecule has 0 aliphatic carbocycles. The van der Waals surface area contributed by atoms with Gasteiger partial charge in [-0.05, 0) is 31.8 Å². The maximum absolute atomic E-state index is 12.5. The summed E-state index contributed by atoms with van der Waals surface area (Å²) in [5, 5.41) is 4.16. The molecule has 1 N–H and O–H groups in total. The van der Waals surface area contributed by atoms with Gasteiger partial charge in [0.25, 0.3) is 0 Å². The number of fused-ring (bicyclic) bond motifs is 1. The third kappa shape index (κ3) is 4.55. The number of carbonyl (C=O) groups is 1. The third-order valence-electron chi connectivity index (χ3n) is 4.14. The van der Waals surface area contributed by atoms with Crippen molar-refractivity contribution in [3.05, 3.63) is 84.1 Å². The number of hydrogen-bond donors (Lipinski definition) is 1. The van der Waals surface area contributed by atoms with Crippen LogP contribution >= 0.6 is 0 Å². The number of rotatable bonds is 6. The number of para-hydroxylation sites is 1. The molecule has 1 aromatic heterocycles. The molecule has 1 amide bonds. The first kappa shape index (κ1) is 17.8. The van der Waals surface area contributed by atoms with Crippen molar-refractivity contribution in [2.75, 3.05) is 20.6 Å². The molecule has 4 nitrogen and oxygen atoms in total. The molecule has 0 aliphatic rings. The average Bonchev–Trinajstić information content (AvgIpc) is 2.66. The van der Waals surface area contributed by atoms with Crippen LogP contribution < -0.4 is 5.32 Å². The summed E-state index contributed by atoms with van der Waals surface area (Å²) in [5.74, 6) is -0.117. The second-order valence-electron chi connectivity index (χ2n) is 6.49. The summed E-state index contributed by atoms with van der Waals surface area (Å²) in [6, 6.07) is 19.8. The number of nitrogens with one attached hydrogen (secondary N) is 1. The summed E-state index contributed by atoms with van der Waals surface area (Å²) in [4.78, 5) is 19.0. The highest BCUT2D eigenvalue weighted by molar-refractivity contribution is 5.95. The molecule has 1 heterocycles. The van der Waals surface area contributed by atoms with E-state index >= 15 is 0 Å². The van der Waals surface area contributed by atoms with Crippen LogP contribution in [0, 0.1) is 0 Å². The molecule has 2 aromatic carbocycles. The highest BCUT2D eigenvalue weighted by atomic mass is 16.1. The lowest BCUT2D eigenvalue weighted by atomic mass is 10.1. The van der Waals surface area contributed by atoms with Gasteiger partial charge in [-0.2, -0.15) is 0 Å². The number of nitrogens with zero attached hydrogens (tertiary/aromatic N) is 2. The Labute approximate surface area is 154 Å². The zero-order valence-electron chi connectivity index (χ0n) is 15.1. The van der Waals surface area contributed by atoms with Crippen LogP contribution in [-0.4, -0.2) is 36.4 Å². The van der Waals surface area contributed by atoms with E-state index in [1.807, 2.05) is 80.8 Å². The highest BCUT2D eigenvalue weighted by Crippen LogP contribution is 2.17. The van der Waals surface area contributed by atoms with E-state index in [2.05, 4.69) is 15.2 Å². The zero-order valence-corrected chi connectivity index (χ0v) is 15.1. The Balaban J connectivity index is 1.76. The van der Waals surface area contributed by atoms with E-state index in [1.165, 1.54) is 0 Å². The van der Waals surface area contributed by atoms with Gasteiger partial charge >= 0.3 is 0 Å². The van der Waals surface area contributed by atoms with Crippen molar-refractivity contribution >= 4 is 22.9 Å². The molecule has 4 heteroatoms. The van der Waals surface area contributed by atoms with Gasteiger partial charge in [0, 0.05) is 29.8 Å². The minimum atomic E-state index is -0.117. The number of amides is 1. The van der Waals surface area contributed by atoms with E-state index in [4.69, 9.17) is 0 Å². The molecule has 0 saturated carbocycles. The summed E-state index contributed by atoms with van der Waals surface area (Å²) in [6.07, 6.45) is 5.17. The molecule has 0 aliphatic heterocycles. The van der Waals surface area contributed by atoms with Gasteiger partial charge in [0.05, 0.1) is 11.6 Å². The number of aromatic nitrogens is 1. The third-order valence-corrected chi connectivity index (χ3v) is 4.14. The SMILES string of the molecule is CN(C)C[C@@H](NC(=O)/C=C/c1cccc2cccnc12)c1ccccc1. The molecule has 132 valence electrons. The monoisotopic (exact) mass is 345 g/mol. The Morgan fingerprint density at radius 2 is 1.85 bits per heavy atom. The van der Waals surface area contributed by atoms with Gasteiger partial charge in [-0.25, -0.2) is 0 Å².